The molecule has 10 rings (SSSR count). The van der Waals surface area contributed by atoms with Crippen molar-refractivity contribution in [1.82, 2.24) is 9.80 Å². The van der Waals surface area contributed by atoms with Gasteiger partial charge in [-0.1, -0.05) is 107 Å². The van der Waals surface area contributed by atoms with Crippen molar-refractivity contribution in [3.05, 3.63) is 170 Å². The van der Waals surface area contributed by atoms with Crippen molar-refractivity contribution in [1.29, 1.82) is 11.1 Å². The Labute approximate surface area is 516 Å². The maximum atomic E-state index is 12.4. The molecule has 19 heteroatoms. The van der Waals surface area contributed by atoms with Crippen LogP contribution >= 0.6 is 0 Å². The largest absolute Gasteiger partial charge is 0.466 e. The smallest absolute Gasteiger partial charge is 0.302 e. The zero-order valence-electron chi connectivity index (χ0n) is 50.6. The number of aliphatic hydroxyl groups excluding tert-OH is 1. The number of carbonyl (C=O) groups is 6. The molecule has 4 amide bonds. The fraction of sp³-hybridized carbons (Fsp3) is 0.471. The van der Waals surface area contributed by atoms with Gasteiger partial charge in [0.25, 0.3) is 29.3 Å². The molecule has 2 heterocycles. The van der Waals surface area contributed by atoms with E-state index >= 15 is 0 Å². The van der Waals surface area contributed by atoms with E-state index in [0.717, 1.165) is 81.8 Å². The molecule has 476 valence electrons. The Morgan fingerprint density at radius 3 is 1.31 bits per heavy atom. The highest BCUT2D eigenvalue weighted by Crippen LogP contribution is 2.28. The molecule has 5 aliphatic rings. The standard InChI is InChI=1S/C23H26N2O2.C17H14N2O4.C15H24N2.C6H10O.C4H8O2.C2H6O.CH4.H2N2.H2O.H2/c26-22-20-12-3-4-13-21(20)23(27)25(22)14-6-10-17-9-5-11-19(15-17)24-16-18-7-1-2-8-18;20-16-14-8-1-2-9-15(14)17(21)18(16)10-4-6-12-5-3-7-13(11-12)19(22)23;16-10-4-8-13-7-3-9-15(11-13)17-12-14-5-1-2-6-14;7-5-6-3-1-2-4-6;1-3-6-4(2)5;1-2-3;;1-2;;/h3-5,9,11-13,15,18,24H,1-2,6-8,10,14,16H2;1-3,5,7-9,11H,4,6,10H2;3,7,9,11,14,17H,1-2,4-6,8,10,12,16H2;5-6H,1-4H2;3H2,1-2H3;3H,2H2,1H3;1H4;1-2H;1H2;1H. The van der Waals surface area contributed by atoms with Crippen LogP contribution in [0.25, 0.3) is 0 Å². The van der Waals surface area contributed by atoms with E-state index in [9.17, 15) is 38.9 Å². The highest BCUT2D eigenvalue weighted by atomic mass is 16.6. The zero-order chi connectivity index (χ0) is 61.8. The number of carbonyl (C=O) groups excluding carboxylic acids is 6. The average Bonchev–Trinajstić information content (AvgIpc) is 2.96. The second-order valence-corrected chi connectivity index (χ2v) is 21.5. The molecule has 5 aromatic rings. The summed E-state index contributed by atoms with van der Waals surface area (Å²) in [6, 6.07) is 37.5. The van der Waals surface area contributed by atoms with Crippen molar-refractivity contribution in [2.45, 2.75) is 144 Å². The molecule has 0 spiro atoms. The van der Waals surface area contributed by atoms with Gasteiger partial charge in [0, 0.05) is 70.6 Å². The fourth-order valence-electron chi connectivity index (χ4n) is 10.8. The van der Waals surface area contributed by atoms with Crippen molar-refractivity contribution in [3.63, 3.8) is 0 Å². The van der Waals surface area contributed by atoms with Gasteiger partial charge in [0.05, 0.1) is 33.8 Å². The third-order valence-electron chi connectivity index (χ3n) is 15.2. The number of nitrogens with two attached hydrogens (primary N) is 1. The minimum Gasteiger partial charge on any atom is -0.466 e. The zero-order valence-corrected chi connectivity index (χ0v) is 50.6. The second kappa shape index (κ2) is 42.8. The molecule has 0 atom stereocenters. The summed E-state index contributed by atoms with van der Waals surface area (Å²) in [5.41, 5.74) is 23.4. The first-order chi connectivity index (χ1) is 41.3. The fourth-order valence-corrected chi connectivity index (χ4v) is 10.8. The Hall–Kier alpha value is -8.00. The van der Waals surface area contributed by atoms with Gasteiger partial charge in [0.15, 0.2) is 0 Å². The van der Waals surface area contributed by atoms with Crippen molar-refractivity contribution in [3.8, 4) is 0 Å². The van der Waals surface area contributed by atoms with Crippen LogP contribution in [-0.4, -0.2) is 107 Å². The Kier molecular flexibility index (Phi) is 36.9. The Balaban J connectivity index is 0.000000577. The Morgan fingerprint density at radius 1 is 0.632 bits per heavy atom. The first-order valence-electron chi connectivity index (χ1n) is 30.2. The summed E-state index contributed by atoms with van der Waals surface area (Å²) in [7, 11) is 0. The molecule has 87 heavy (non-hydrogen) atoms. The number of aliphatic hydroxyl groups is 1. The molecule has 19 nitrogen and oxygen atoms in total. The summed E-state index contributed by atoms with van der Waals surface area (Å²) in [6.45, 7) is 9.32. The number of nitrogens with zero attached hydrogens (tertiary/aromatic N) is 3. The molecule has 0 saturated heterocycles. The molecule has 0 radical (unpaired) electrons. The summed E-state index contributed by atoms with van der Waals surface area (Å²) in [6.07, 6.45) is 21.9. The van der Waals surface area contributed by atoms with Crippen molar-refractivity contribution in [2.24, 2.45) is 23.5 Å². The van der Waals surface area contributed by atoms with Crippen LogP contribution in [-0.2, 0) is 33.6 Å². The summed E-state index contributed by atoms with van der Waals surface area (Å²) in [5, 5.41) is 25.5. The van der Waals surface area contributed by atoms with Gasteiger partial charge < -0.3 is 36.5 Å². The van der Waals surface area contributed by atoms with Crippen LogP contribution < -0.4 is 16.4 Å². The molecule has 0 bridgehead atoms. The second-order valence-electron chi connectivity index (χ2n) is 21.5. The Bertz CT molecular complexity index is 2810. The van der Waals surface area contributed by atoms with E-state index in [-0.39, 0.29) is 56.2 Å². The molecule has 3 aliphatic carbocycles. The highest BCUT2D eigenvalue weighted by Gasteiger charge is 2.35. The number of imide groups is 2. The van der Waals surface area contributed by atoms with Gasteiger partial charge in [0.1, 0.15) is 6.29 Å². The minimum absolute atomic E-state index is 0. The first-order valence-corrected chi connectivity index (χ1v) is 30.2. The number of nitro benzene ring substituents is 1. The molecule has 9 N–H and O–H groups in total. The molecule has 5 aromatic carbocycles. The van der Waals surface area contributed by atoms with Gasteiger partial charge in [-0.25, -0.2) is 11.1 Å². The van der Waals surface area contributed by atoms with Gasteiger partial charge >= 0.3 is 5.97 Å². The normalized spacial score (nSPS) is 14.5. The van der Waals surface area contributed by atoms with Crippen LogP contribution in [0.5, 0.6) is 0 Å². The van der Waals surface area contributed by atoms with Gasteiger partial charge in [0.2, 0.25) is 0 Å². The predicted molar refractivity (Wildman–Crippen MR) is 345 cm³/mol. The van der Waals surface area contributed by atoms with E-state index in [2.05, 4.69) is 63.9 Å². The van der Waals surface area contributed by atoms with Crippen LogP contribution in [0.1, 0.15) is 184 Å². The number of hydrogen-bond acceptors (Lipinski definition) is 15. The van der Waals surface area contributed by atoms with E-state index in [4.69, 9.17) is 21.9 Å². The van der Waals surface area contributed by atoms with Crippen LogP contribution in [0.15, 0.2) is 121 Å². The van der Waals surface area contributed by atoms with Crippen molar-refractivity contribution >= 4 is 52.9 Å². The number of esters is 1. The first kappa shape index (κ1) is 75.1. The molecule has 2 aliphatic heterocycles. The monoisotopic (exact) mass is 1200 g/mol. The number of benzene rings is 5. The topological polar surface area (TPSA) is 311 Å². The molecule has 0 aromatic heterocycles. The third-order valence-corrected chi connectivity index (χ3v) is 15.2. The number of aryl methyl sites for hydroxylation is 3. The number of nitrogens with one attached hydrogen (secondary N) is 4. The lowest BCUT2D eigenvalue weighted by Crippen LogP contribution is -2.30. The predicted octanol–water partition coefficient (Wildman–Crippen LogP) is 13.1. The van der Waals surface area contributed by atoms with Crippen molar-refractivity contribution < 1.29 is 50.4 Å². The number of ether oxygens (including phenoxy) is 1. The molecular weight excluding hydrogens is 1100 g/mol. The number of hydrogen-bond donors (Lipinski definition) is 6. The number of anilines is 2. The quantitative estimate of drug-likeness (QED) is 0.0106. The maximum Gasteiger partial charge on any atom is 0.302 e. The van der Waals surface area contributed by atoms with Crippen LogP contribution in [0.4, 0.5) is 17.1 Å². The maximum absolute atomic E-state index is 12.4. The lowest BCUT2D eigenvalue weighted by molar-refractivity contribution is -0.384. The van der Waals surface area contributed by atoms with Crippen LogP contribution in [0.2, 0.25) is 0 Å². The van der Waals surface area contributed by atoms with E-state index < -0.39 is 4.92 Å². The Morgan fingerprint density at radius 2 is 0.989 bits per heavy atom. The van der Waals surface area contributed by atoms with E-state index in [1.165, 1.54) is 116 Å². The highest BCUT2D eigenvalue weighted by molar-refractivity contribution is 6.22. The minimum atomic E-state index is -0.437. The van der Waals surface area contributed by atoms with Crippen LogP contribution in [0.3, 0.4) is 0 Å². The van der Waals surface area contributed by atoms with E-state index in [1.807, 2.05) is 0 Å². The van der Waals surface area contributed by atoms with Gasteiger partial charge in [-0.05, 0) is 174 Å². The van der Waals surface area contributed by atoms with Gasteiger partial charge in [-0.15, -0.1) is 0 Å². The SMILES string of the molecule is C.CCO.CCOC(C)=O.N=N.NCCCc1cccc(NCC2CCCC2)c1.O.O=C1c2ccccc2C(=O)N1CCCc1cccc(NCC2CCCC2)c1.O=C1c2ccccc2C(=O)N1CCCc1cccc([N+](=O)[O-])c1.O=CC1CCCC1.[HH]. The number of rotatable bonds is 20. The van der Waals surface area contributed by atoms with Gasteiger partial charge in [-0.2, -0.15) is 0 Å². The van der Waals surface area contributed by atoms with Gasteiger partial charge in [-0.3, -0.25) is 43.9 Å². The van der Waals surface area contributed by atoms with E-state index in [0.29, 0.717) is 60.7 Å². The van der Waals surface area contributed by atoms with E-state index in [1.54, 1.807) is 74.5 Å². The third kappa shape index (κ3) is 25.9. The average molecular weight is 1200 g/mol. The molecule has 3 fully saturated rings. The summed E-state index contributed by atoms with van der Waals surface area (Å²) in [5.74, 6) is 1.03. The van der Waals surface area contributed by atoms with Crippen LogP contribution in [0, 0.1) is 38.9 Å². The molecular formula is C68H98N8O11. The number of non-ortho nitro benzene ring substituents is 1. The number of amides is 4. The lowest BCUT2D eigenvalue weighted by Gasteiger charge is -2.15. The molecule has 0 unspecified atom stereocenters. The lowest BCUT2D eigenvalue weighted by atomic mass is 10.1. The molecule has 3 saturated carbocycles. The number of fused-ring (bicyclic) bond motifs is 2. The summed E-state index contributed by atoms with van der Waals surface area (Å²) in [4.78, 5) is 82.0. The number of aldehydes is 1. The summed E-state index contributed by atoms with van der Waals surface area (Å²) < 4.78 is 4.40. The number of nitro groups is 1. The van der Waals surface area contributed by atoms with Crippen molar-refractivity contribution in [2.75, 3.05) is 56.6 Å². The summed E-state index contributed by atoms with van der Waals surface area (Å²) >= 11 is 0.